The molecule has 2 aromatic rings. The van der Waals surface area contributed by atoms with Crippen molar-refractivity contribution in [2.75, 3.05) is 0 Å². The van der Waals surface area contributed by atoms with Gasteiger partial charge in [0, 0.05) is 15.0 Å². The second-order valence-corrected chi connectivity index (χ2v) is 5.93. The Kier molecular flexibility index (Phi) is 4.38. The number of rotatable bonds is 5. The topological polar surface area (TPSA) is 23.8 Å². The average molecular weight is 257 g/mol. The summed E-state index contributed by atoms with van der Waals surface area (Å²) in [6.45, 7) is 4.48. The first-order valence-electron chi connectivity index (χ1n) is 6.69. The minimum Gasteiger partial charge on any atom is -0.192 e. The van der Waals surface area contributed by atoms with Gasteiger partial charge in [0.25, 0.3) is 0 Å². The summed E-state index contributed by atoms with van der Waals surface area (Å²) in [4.78, 5) is 1.27. The molecule has 1 atom stereocenters. The van der Waals surface area contributed by atoms with E-state index in [4.69, 9.17) is 0 Å². The molecule has 1 nitrogen and oxygen atoms in total. The Labute approximate surface area is 113 Å². The molecular formula is C16H19NS. The van der Waals surface area contributed by atoms with Crippen LogP contribution in [0, 0.1) is 11.3 Å². The summed E-state index contributed by atoms with van der Waals surface area (Å²) in [6, 6.07) is 10.6. The zero-order chi connectivity index (χ0) is 13.0. The van der Waals surface area contributed by atoms with E-state index in [1.165, 1.54) is 35.3 Å². The largest absolute Gasteiger partial charge is 0.192 e. The molecule has 0 saturated carbocycles. The van der Waals surface area contributed by atoms with Crippen LogP contribution in [0.1, 0.15) is 55.9 Å². The van der Waals surface area contributed by atoms with Gasteiger partial charge in [-0.1, -0.05) is 51.3 Å². The fraction of sp³-hybridized carbons (Fsp3) is 0.438. The molecule has 0 aliphatic carbocycles. The molecule has 0 fully saturated rings. The van der Waals surface area contributed by atoms with Crippen molar-refractivity contribution in [1.82, 2.24) is 0 Å². The van der Waals surface area contributed by atoms with Crippen LogP contribution in [0.4, 0.5) is 0 Å². The molecule has 0 aliphatic heterocycles. The lowest BCUT2D eigenvalue weighted by Gasteiger charge is -2.09. The Morgan fingerprint density at radius 2 is 2.06 bits per heavy atom. The molecule has 2 rings (SSSR count). The highest BCUT2D eigenvalue weighted by Gasteiger charge is 2.16. The number of benzene rings is 1. The van der Waals surface area contributed by atoms with E-state index in [0.717, 1.165) is 10.9 Å². The lowest BCUT2D eigenvalue weighted by atomic mass is 9.98. The number of nitrogens with zero attached hydrogens (tertiary/aromatic N) is 1. The molecule has 1 aromatic carbocycles. The molecule has 1 unspecified atom stereocenters. The van der Waals surface area contributed by atoms with Gasteiger partial charge in [-0.3, -0.25) is 0 Å². The predicted molar refractivity (Wildman–Crippen MR) is 79.1 cm³/mol. The van der Waals surface area contributed by atoms with Crippen LogP contribution in [0.25, 0.3) is 10.1 Å². The standard InChI is InChI=1S/C16H19NS/c1-3-4-5-8-12(2)16-14(11-17)13-9-6-7-10-15(13)18-16/h6-7,9-10,12H,3-5,8H2,1-2H3. The molecular weight excluding hydrogens is 238 g/mol. The lowest BCUT2D eigenvalue weighted by Crippen LogP contribution is -1.93. The van der Waals surface area contributed by atoms with Crippen LogP contribution < -0.4 is 0 Å². The van der Waals surface area contributed by atoms with Gasteiger partial charge in [0.15, 0.2) is 0 Å². The van der Waals surface area contributed by atoms with Crippen molar-refractivity contribution in [3.05, 3.63) is 34.7 Å². The first kappa shape index (κ1) is 13.1. The monoisotopic (exact) mass is 257 g/mol. The molecule has 1 aromatic heterocycles. The van der Waals surface area contributed by atoms with E-state index in [1.54, 1.807) is 11.3 Å². The fourth-order valence-corrected chi connectivity index (χ4v) is 3.60. The third kappa shape index (κ3) is 2.57. The first-order valence-corrected chi connectivity index (χ1v) is 7.51. The highest BCUT2D eigenvalue weighted by molar-refractivity contribution is 7.19. The molecule has 0 radical (unpaired) electrons. The second-order valence-electron chi connectivity index (χ2n) is 4.85. The number of thiophene rings is 1. The van der Waals surface area contributed by atoms with Crippen LogP contribution >= 0.6 is 11.3 Å². The van der Waals surface area contributed by atoms with Crippen molar-refractivity contribution in [2.24, 2.45) is 0 Å². The van der Waals surface area contributed by atoms with Gasteiger partial charge in [-0.15, -0.1) is 11.3 Å². The van der Waals surface area contributed by atoms with Crippen molar-refractivity contribution in [2.45, 2.75) is 45.4 Å². The van der Waals surface area contributed by atoms with E-state index >= 15 is 0 Å². The number of unbranched alkanes of at least 4 members (excludes halogenated alkanes) is 2. The lowest BCUT2D eigenvalue weighted by molar-refractivity contribution is 0.603. The van der Waals surface area contributed by atoms with Crippen LogP contribution in [0.15, 0.2) is 24.3 Å². The quantitative estimate of drug-likeness (QED) is 0.653. The van der Waals surface area contributed by atoms with Crippen LogP contribution in [-0.4, -0.2) is 0 Å². The zero-order valence-electron chi connectivity index (χ0n) is 11.1. The maximum absolute atomic E-state index is 9.38. The normalized spacial score (nSPS) is 12.5. The maximum atomic E-state index is 9.38. The summed E-state index contributed by atoms with van der Waals surface area (Å²) in [5.41, 5.74) is 0.902. The fourth-order valence-electron chi connectivity index (χ4n) is 2.36. The molecule has 94 valence electrons. The van der Waals surface area contributed by atoms with E-state index in [9.17, 15) is 5.26 Å². The summed E-state index contributed by atoms with van der Waals surface area (Å²) in [5, 5.41) is 10.5. The minimum absolute atomic E-state index is 0.503. The van der Waals surface area contributed by atoms with Gasteiger partial charge in [-0.25, -0.2) is 0 Å². The predicted octanol–water partition coefficient (Wildman–Crippen LogP) is 5.46. The smallest absolute Gasteiger partial charge is 0.101 e. The molecule has 2 heteroatoms. The SMILES string of the molecule is CCCCCC(C)c1sc2ccccc2c1C#N. The van der Waals surface area contributed by atoms with Gasteiger partial charge in [-0.05, 0) is 18.4 Å². The molecule has 0 N–H and O–H groups in total. The van der Waals surface area contributed by atoms with Gasteiger partial charge in [0.2, 0.25) is 0 Å². The molecule has 1 heterocycles. The van der Waals surface area contributed by atoms with E-state index < -0.39 is 0 Å². The molecule has 0 saturated heterocycles. The van der Waals surface area contributed by atoms with Crippen LogP contribution in [-0.2, 0) is 0 Å². The summed E-state index contributed by atoms with van der Waals surface area (Å²) in [6.07, 6.45) is 4.99. The van der Waals surface area contributed by atoms with Crippen LogP contribution in [0.2, 0.25) is 0 Å². The van der Waals surface area contributed by atoms with E-state index in [-0.39, 0.29) is 0 Å². The number of hydrogen-bond donors (Lipinski definition) is 0. The number of hydrogen-bond acceptors (Lipinski definition) is 2. The molecule has 0 aliphatic rings. The second kappa shape index (κ2) is 6.02. The summed E-state index contributed by atoms with van der Waals surface area (Å²) < 4.78 is 1.24. The van der Waals surface area contributed by atoms with Crippen LogP contribution in [0.3, 0.4) is 0 Å². The van der Waals surface area contributed by atoms with Gasteiger partial charge < -0.3 is 0 Å². The maximum Gasteiger partial charge on any atom is 0.101 e. The third-order valence-electron chi connectivity index (χ3n) is 3.42. The Bertz CT molecular complexity index is 562. The molecule has 18 heavy (non-hydrogen) atoms. The Morgan fingerprint density at radius 3 is 2.78 bits per heavy atom. The third-order valence-corrected chi connectivity index (χ3v) is 4.83. The number of fused-ring (bicyclic) bond motifs is 1. The summed E-state index contributed by atoms with van der Waals surface area (Å²) in [5.74, 6) is 0.503. The van der Waals surface area contributed by atoms with Crippen molar-refractivity contribution in [3.63, 3.8) is 0 Å². The Balaban J connectivity index is 2.30. The van der Waals surface area contributed by atoms with E-state index in [1.807, 2.05) is 12.1 Å². The zero-order valence-corrected chi connectivity index (χ0v) is 11.9. The number of nitriles is 1. The first-order chi connectivity index (χ1) is 8.77. The van der Waals surface area contributed by atoms with Crippen molar-refractivity contribution < 1.29 is 0 Å². The average Bonchev–Trinajstić information content (AvgIpc) is 2.77. The molecule has 0 spiro atoms. The van der Waals surface area contributed by atoms with Gasteiger partial charge in [-0.2, -0.15) is 5.26 Å². The highest BCUT2D eigenvalue weighted by atomic mass is 32.1. The highest BCUT2D eigenvalue weighted by Crippen LogP contribution is 2.37. The van der Waals surface area contributed by atoms with E-state index in [2.05, 4.69) is 32.0 Å². The Morgan fingerprint density at radius 1 is 1.28 bits per heavy atom. The molecule has 0 bridgehead atoms. The minimum atomic E-state index is 0.503. The van der Waals surface area contributed by atoms with Crippen molar-refractivity contribution >= 4 is 21.4 Å². The summed E-state index contributed by atoms with van der Waals surface area (Å²) in [7, 11) is 0. The Hall–Kier alpha value is -1.33. The van der Waals surface area contributed by atoms with E-state index in [0.29, 0.717) is 5.92 Å². The van der Waals surface area contributed by atoms with Gasteiger partial charge in [0.1, 0.15) is 6.07 Å². The van der Waals surface area contributed by atoms with Gasteiger partial charge >= 0.3 is 0 Å². The van der Waals surface area contributed by atoms with Crippen LogP contribution in [0.5, 0.6) is 0 Å². The summed E-state index contributed by atoms with van der Waals surface area (Å²) >= 11 is 1.79. The van der Waals surface area contributed by atoms with Crippen molar-refractivity contribution in [1.29, 1.82) is 5.26 Å². The molecule has 0 amide bonds. The van der Waals surface area contributed by atoms with Gasteiger partial charge in [0.05, 0.1) is 5.56 Å². The van der Waals surface area contributed by atoms with Crippen molar-refractivity contribution in [3.8, 4) is 6.07 Å².